The first-order chi connectivity index (χ1) is 17.0. The van der Waals surface area contributed by atoms with Gasteiger partial charge >= 0.3 is 0 Å². The van der Waals surface area contributed by atoms with Crippen LogP contribution in [0.15, 0.2) is 61.1 Å². The van der Waals surface area contributed by atoms with Crippen LogP contribution in [-0.2, 0) is 0 Å². The van der Waals surface area contributed by atoms with Gasteiger partial charge in [-0.1, -0.05) is 17.7 Å². The molecule has 0 atom stereocenters. The first kappa shape index (κ1) is 22.4. The Morgan fingerprint density at radius 1 is 1.00 bits per heavy atom. The lowest BCUT2D eigenvalue weighted by molar-refractivity contribution is 0.102. The van der Waals surface area contributed by atoms with E-state index in [1.54, 1.807) is 52.0 Å². The molecule has 0 aliphatic carbocycles. The number of halogens is 1. The molecule has 0 aliphatic heterocycles. The minimum atomic E-state index is -0.358. The fourth-order valence-corrected chi connectivity index (χ4v) is 3.86. The van der Waals surface area contributed by atoms with Gasteiger partial charge in [0.1, 0.15) is 23.6 Å². The van der Waals surface area contributed by atoms with Crippen molar-refractivity contribution in [1.82, 2.24) is 29.5 Å². The number of ether oxygens (including phenoxy) is 2. The summed E-state index contributed by atoms with van der Waals surface area (Å²) in [7, 11) is 3.05. The molecule has 2 aromatic carbocycles. The molecule has 0 fully saturated rings. The van der Waals surface area contributed by atoms with Gasteiger partial charge in [0.25, 0.3) is 5.91 Å². The average molecular weight is 490 g/mol. The van der Waals surface area contributed by atoms with Gasteiger partial charge in [-0.15, -0.1) is 0 Å². The first-order valence-corrected chi connectivity index (χ1v) is 10.9. The van der Waals surface area contributed by atoms with Gasteiger partial charge in [0.15, 0.2) is 11.5 Å². The van der Waals surface area contributed by atoms with Gasteiger partial charge in [0.2, 0.25) is 0 Å². The highest BCUT2D eigenvalue weighted by Crippen LogP contribution is 2.27. The summed E-state index contributed by atoms with van der Waals surface area (Å²) < 4.78 is 13.8. The van der Waals surface area contributed by atoms with E-state index in [2.05, 4.69) is 25.5 Å². The van der Waals surface area contributed by atoms with Crippen LogP contribution < -0.4 is 14.8 Å². The largest absolute Gasteiger partial charge is 0.497 e. The predicted molar refractivity (Wildman–Crippen MR) is 131 cm³/mol. The summed E-state index contributed by atoms with van der Waals surface area (Å²) >= 11 is 6.16. The Balaban J connectivity index is 1.55. The molecular formula is C24H20ClN7O3. The van der Waals surface area contributed by atoms with Gasteiger partial charge in [-0.25, -0.2) is 14.6 Å². The monoisotopic (exact) mass is 489 g/mol. The number of anilines is 1. The van der Waals surface area contributed by atoms with Gasteiger partial charge < -0.3 is 14.8 Å². The van der Waals surface area contributed by atoms with E-state index in [1.165, 1.54) is 20.5 Å². The van der Waals surface area contributed by atoms with Crippen molar-refractivity contribution in [3.05, 3.63) is 77.3 Å². The average Bonchev–Trinajstić information content (AvgIpc) is 3.46. The molecular weight excluding hydrogens is 470 g/mol. The fourth-order valence-electron chi connectivity index (χ4n) is 3.67. The van der Waals surface area contributed by atoms with Crippen molar-refractivity contribution < 1.29 is 14.3 Å². The molecule has 10 nitrogen and oxygen atoms in total. The highest BCUT2D eigenvalue weighted by molar-refractivity contribution is 6.30. The molecule has 3 heterocycles. The van der Waals surface area contributed by atoms with E-state index >= 15 is 0 Å². The second-order valence-electron chi connectivity index (χ2n) is 7.61. The fraction of sp³-hybridized carbons (Fsp3) is 0.125. The van der Waals surface area contributed by atoms with Crippen LogP contribution in [0.4, 0.5) is 5.82 Å². The highest BCUT2D eigenvalue weighted by atomic mass is 35.5. The Bertz CT molecular complexity index is 1540. The van der Waals surface area contributed by atoms with E-state index in [4.69, 9.17) is 21.1 Å². The second-order valence-corrected chi connectivity index (χ2v) is 8.05. The summed E-state index contributed by atoms with van der Waals surface area (Å²) in [6, 6.07) is 14.0. The standard InChI is InChI=1S/C24H20ClN7O3/c1-14-7-21(29-24(33)15-8-18(34-2)11-19(9-15)35-3)32(30-14)23-20-12-28-31(22(20)26-13-27-23)17-6-4-5-16(25)10-17/h4-13H,1-3H3,(H,29,33). The SMILES string of the molecule is COc1cc(OC)cc(C(=O)Nc2cc(C)nn2-c2ncnc3c2cnn3-c2cccc(Cl)c2)c1. The molecule has 0 spiro atoms. The molecule has 3 aromatic heterocycles. The van der Waals surface area contributed by atoms with Crippen LogP contribution in [0.25, 0.3) is 22.5 Å². The summed E-state index contributed by atoms with van der Waals surface area (Å²) in [5.41, 5.74) is 2.39. The zero-order valence-electron chi connectivity index (χ0n) is 19.1. The van der Waals surface area contributed by atoms with Crippen molar-refractivity contribution in [3.8, 4) is 23.0 Å². The molecule has 176 valence electrons. The van der Waals surface area contributed by atoms with E-state index < -0.39 is 0 Å². The van der Waals surface area contributed by atoms with Crippen LogP contribution in [0.3, 0.4) is 0 Å². The number of aromatic nitrogens is 6. The van der Waals surface area contributed by atoms with Gasteiger partial charge in [-0.05, 0) is 37.3 Å². The number of rotatable bonds is 6. The number of amides is 1. The van der Waals surface area contributed by atoms with Crippen LogP contribution in [0.2, 0.25) is 5.02 Å². The zero-order chi connectivity index (χ0) is 24.5. The van der Waals surface area contributed by atoms with Crippen molar-refractivity contribution >= 4 is 34.4 Å². The third-order valence-electron chi connectivity index (χ3n) is 5.28. The predicted octanol–water partition coefficient (Wildman–Crippen LogP) is 4.23. The summed E-state index contributed by atoms with van der Waals surface area (Å²) in [5.74, 6) is 1.55. The van der Waals surface area contributed by atoms with Crippen molar-refractivity contribution in [3.63, 3.8) is 0 Å². The van der Waals surface area contributed by atoms with Crippen molar-refractivity contribution in [2.75, 3.05) is 19.5 Å². The Kier molecular flexibility index (Phi) is 5.79. The van der Waals surface area contributed by atoms with Crippen LogP contribution in [0.1, 0.15) is 16.1 Å². The van der Waals surface area contributed by atoms with Gasteiger partial charge in [-0.3, -0.25) is 4.79 Å². The maximum Gasteiger partial charge on any atom is 0.257 e. The lowest BCUT2D eigenvalue weighted by Gasteiger charge is -2.11. The van der Waals surface area contributed by atoms with E-state index in [0.717, 1.165) is 5.69 Å². The molecule has 35 heavy (non-hydrogen) atoms. The van der Waals surface area contributed by atoms with Crippen molar-refractivity contribution in [2.45, 2.75) is 6.92 Å². The number of hydrogen-bond acceptors (Lipinski definition) is 7. The third kappa shape index (κ3) is 4.26. The lowest BCUT2D eigenvalue weighted by Crippen LogP contribution is -2.16. The Hall–Kier alpha value is -4.44. The molecule has 1 amide bonds. The molecule has 0 aliphatic rings. The van der Waals surface area contributed by atoms with E-state index in [9.17, 15) is 4.79 Å². The van der Waals surface area contributed by atoms with E-state index in [1.807, 2.05) is 19.1 Å². The summed E-state index contributed by atoms with van der Waals surface area (Å²) in [6.07, 6.45) is 3.08. The van der Waals surface area contributed by atoms with Crippen molar-refractivity contribution in [1.29, 1.82) is 0 Å². The van der Waals surface area contributed by atoms with Crippen LogP contribution in [0, 0.1) is 6.92 Å². The molecule has 1 N–H and O–H groups in total. The topological polar surface area (TPSA) is 109 Å². The number of methoxy groups -OCH3 is 2. The molecule has 0 saturated carbocycles. The molecule has 0 bridgehead atoms. The number of aryl methyl sites for hydroxylation is 1. The first-order valence-electron chi connectivity index (χ1n) is 10.5. The highest BCUT2D eigenvalue weighted by Gasteiger charge is 2.19. The Morgan fingerprint density at radius 3 is 2.49 bits per heavy atom. The number of hydrogen-bond donors (Lipinski definition) is 1. The number of carbonyl (C=O) groups is 1. The summed E-state index contributed by atoms with van der Waals surface area (Å²) in [5, 5.41) is 13.2. The molecule has 0 radical (unpaired) electrons. The molecule has 0 saturated heterocycles. The molecule has 5 aromatic rings. The third-order valence-corrected chi connectivity index (χ3v) is 5.52. The smallest absolute Gasteiger partial charge is 0.257 e. The number of benzene rings is 2. The van der Waals surface area contributed by atoms with Crippen molar-refractivity contribution in [2.24, 2.45) is 0 Å². The number of nitrogens with one attached hydrogen (secondary N) is 1. The summed E-state index contributed by atoms with van der Waals surface area (Å²) in [4.78, 5) is 21.9. The maximum atomic E-state index is 13.1. The normalized spacial score (nSPS) is 11.0. The van der Waals surface area contributed by atoms with Crippen LogP contribution >= 0.6 is 11.6 Å². The van der Waals surface area contributed by atoms with Gasteiger partial charge in [0.05, 0.1) is 37.2 Å². The Morgan fingerprint density at radius 2 is 1.77 bits per heavy atom. The number of nitrogens with zero attached hydrogens (tertiary/aromatic N) is 6. The molecule has 11 heteroatoms. The molecule has 0 unspecified atom stereocenters. The zero-order valence-corrected chi connectivity index (χ0v) is 19.8. The Labute approximate surface area is 205 Å². The van der Waals surface area contributed by atoms with Crippen LogP contribution in [-0.4, -0.2) is 49.7 Å². The molecule has 5 rings (SSSR count). The minimum Gasteiger partial charge on any atom is -0.497 e. The lowest BCUT2D eigenvalue weighted by atomic mass is 10.2. The number of carbonyl (C=O) groups excluding carboxylic acids is 1. The maximum absolute atomic E-state index is 13.1. The van der Waals surface area contributed by atoms with E-state index in [-0.39, 0.29) is 5.91 Å². The van der Waals surface area contributed by atoms with Gasteiger partial charge in [-0.2, -0.15) is 14.9 Å². The summed E-state index contributed by atoms with van der Waals surface area (Å²) in [6.45, 7) is 1.83. The van der Waals surface area contributed by atoms with Crippen LogP contribution in [0.5, 0.6) is 11.5 Å². The van der Waals surface area contributed by atoms with Gasteiger partial charge in [0, 0.05) is 22.7 Å². The quantitative estimate of drug-likeness (QED) is 0.380. The number of fused-ring (bicyclic) bond motifs is 1. The second kappa shape index (κ2) is 9.07. The minimum absolute atomic E-state index is 0.358. The van der Waals surface area contributed by atoms with E-state index in [0.29, 0.717) is 50.4 Å².